The Morgan fingerprint density at radius 3 is 2.18 bits per heavy atom. The molecule has 180 valence electrons. The van der Waals surface area contributed by atoms with Gasteiger partial charge in [-0.3, -0.25) is 13.9 Å². The van der Waals surface area contributed by atoms with Crippen LogP contribution < -0.4 is 9.62 Å². The molecule has 0 aromatic heterocycles. The van der Waals surface area contributed by atoms with E-state index in [0.717, 1.165) is 21.5 Å². The van der Waals surface area contributed by atoms with Gasteiger partial charge < -0.3 is 10.2 Å². The van der Waals surface area contributed by atoms with Gasteiger partial charge >= 0.3 is 0 Å². The second-order valence-corrected chi connectivity index (χ2v) is 11.1. The van der Waals surface area contributed by atoms with Crippen LogP contribution in [0.2, 0.25) is 10.0 Å². The Morgan fingerprint density at radius 1 is 1.09 bits per heavy atom. The molecule has 2 amide bonds. The van der Waals surface area contributed by atoms with Crippen LogP contribution in [0.3, 0.4) is 0 Å². The van der Waals surface area contributed by atoms with Gasteiger partial charge in [0.2, 0.25) is 21.8 Å². The van der Waals surface area contributed by atoms with Gasteiger partial charge in [-0.05, 0) is 49.7 Å². The molecule has 0 saturated carbocycles. The fourth-order valence-corrected chi connectivity index (χ4v) is 4.68. The predicted octanol–water partition coefficient (Wildman–Crippen LogP) is 4.47. The average Bonchev–Trinajstić information content (AvgIpc) is 2.75. The minimum Gasteiger partial charge on any atom is -0.354 e. The maximum absolute atomic E-state index is 13.4. The molecule has 1 N–H and O–H groups in total. The molecule has 0 fully saturated rings. The molecule has 0 aliphatic rings. The number of nitrogens with zero attached hydrogens (tertiary/aromatic N) is 2. The molecule has 1 atom stereocenters. The molecular formula is C22H26BrCl2N3O4S. The van der Waals surface area contributed by atoms with Crippen molar-refractivity contribution in [1.29, 1.82) is 0 Å². The first-order chi connectivity index (χ1) is 15.5. The molecule has 2 rings (SSSR count). The fraction of sp³-hybridized carbons (Fsp3) is 0.364. The first-order valence-electron chi connectivity index (χ1n) is 10.2. The summed E-state index contributed by atoms with van der Waals surface area (Å²) < 4.78 is 26.8. The fourth-order valence-electron chi connectivity index (χ4n) is 3.05. The Hall–Kier alpha value is -1.81. The standard InChI is InChI=1S/C22H26BrCl2N3O4S/c1-4-12-26-22(30)15(2)27(13-18-19(24)6-5-7-20(18)25)21(29)14-28(33(3,31)32)17-10-8-16(23)9-11-17/h5-11,15H,4,12-14H2,1-3H3,(H,26,30)/t15-/m1/s1. The van der Waals surface area contributed by atoms with Crippen molar-refractivity contribution in [3.8, 4) is 0 Å². The van der Waals surface area contributed by atoms with E-state index in [-0.39, 0.29) is 12.5 Å². The SMILES string of the molecule is CCCNC(=O)[C@@H](C)N(Cc1c(Cl)cccc1Cl)C(=O)CN(c1ccc(Br)cc1)S(C)(=O)=O. The minimum atomic E-state index is -3.79. The number of halogens is 3. The Morgan fingerprint density at radius 2 is 1.67 bits per heavy atom. The van der Waals surface area contributed by atoms with Crippen molar-refractivity contribution in [3.05, 3.63) is 62.5 Å². The lowest BCUT2D eigenvalue weighted by molar-refractivity contribution is -0.139. The molecule has 0 radical (unpaired) electrons. The van der Waals surface area contributed by atoms with Crippen molar-refractivity contribution in [2.75, 3.05) is 23.7 Å². The van der Waals surface area contributed by atoms with Crippen LogP contribution in [0.25, 0.3) is 0 Å². The van der Waals surface area contributed by atoms with E-state index >= 15 is 0 Å². The zero-order chi connectivity index (χ0) is 24.8. The summed E-state index contributed by atoms with van der Waals surface area (Å²) in [7, 11) is -3.79. The van der Waals surface area contributed by atoms with Gasteiger partial charge in [0, 0.05) is 33.2 Å². The molecule has 7 nitrogen and oxygen atoms in total. The van der Waals surface area contributed by atoms with Crippen LogP contribution in [0.5, 0.6) is 0 Å². The average molecular weight is 579 g/mol. The van der Waals surface area contributed by atoms with Crippen LogP contribution in [-0.4, -0.2) is 50.5 Å². The predicted molar refractivity (Wildman–Crippen MR) is 136 cm³/mol. The van der Waals surface area contributed by atoms with Crippen LogP contribution in [0.15, 0.2) is 46.9 Å². The summed E-state index contributed by atoms with van der Waals surface area (Å²) in [6.07, 6.45) is 1.75. The normalized spacial score (nSPS) is 12.2. The van der Waals surface area contributed by atoms with Crippen LogP contribution in [0.4, 0.5) is 5.69 Å². The van der Waals surface area contributed by atoms with Crippen LogP contribution in [0.1, 0.15) is 25.8 Å². The lowest BCUT2D eigenvalue weighted by Crippen LogP contribution is -2.51. The van der Waals surface area contributed by atoms with Crippen molar-refractivity contribution < 1.29 is 18.0 Å². The molecule has 0 heterocycles. The van der Waals surface area contributed by atoms with E-state index in [2.05, 4.69) is 21.2 Å². The number of sulfonamides is 1. The number of nitrogens with one attached hydrogen (secondary N) is 1. The topological polar surface area (TPSA) is 86.8 Å². The van der Waals surface area contributed by atoms with Gasteiger partial charge in [0.25, 0.3) is 0 Å². The van der Waals surface area contributed by atoms with E-state index in [4.69, 9.17) is 23.2 Å². The summed E-state index contributed by atoms with van der Waals surface area (Å²) in [5.41, 5.74) is 0.798. The maximum atomic E-state index is 13.4. The Balaban J connectivity index is 2.42. The van der Waals surface area contributed by atoms with Crippen LogP contribution in [0, 0.1) is 0 Å². The Labute approximate surface area is 213 Å². The summed E-state index contributed by atoms with van der Waals surface area (Å²) >= 11 is 15.9. The minimum absolute atomic E-state index is 0.0595. The molecule has 0 aliphatic carbocycles. The van der Waals surface area contributed by atoms with E-state index in [1.807, 2.05) is 6.92 Å². The van der Waals surface area contributed by atoms with Gasteiger partial charge in [0.1, 0.15) is 12.6 Å². The van der Waals surface area contributed by atoms with Gasteiger partial charge in [-0.15, -0.1) is 0 Å². The third kappa shape index (κ3) is 7.60. The molecule has 0 unspecified atom stereocenters. The van der Waals surface area contributed by atoms with E-state index in [1.165, 1.54) is 4.90 Å². The Bertz CT molecular complexity index is 1080. The quantitative estimate of drug-likeness (QED) is 0.451. The van der Waals surface area contributed by atoms with Crippen molar-refractivity contribution in [2.45, 2.75) is 32.9 Å². The van der Waals surface area contributed by atoms with Crippen LogP contribution in [-0.2, 0) is 26.2 Å². The van der Waals surface area contributed by atoms with Gasteiger partial charge in [-0.1, -0.05) is 52.1 Å². The monoisotopic (exact) mass is 577 g/mol. The third-order valence-corrected chi connectivity index (χ3v) is 7.28. The zero-order valence-corrected chi connectivity index (χ0v) is 22.4. The summed E-state index contributed by atoms with van der Waals surface area (Å²) in [6.45, 7) is 3.40. The van der Waals surface area contributed by atoms with E-state index < -0.39 is 28.5 Å². The number of hydrogen-bond donors (Lipinski definition) is 1. The number of carbonyl (C=O) groups is 2. The van der Waals surface area contributed by atoms with Crippen molar-refractivity contribution in [1.82, 2.24) is 10.2 Å². The maximum Gasteiger partial charge on any atom is 0.244 e. The first-order valence-corrected chi connectivity index (χ1v) is 13.6. The van der Waals surface area contributed by atoms with Crippen LogP contribution >= 0.6 is 39.1 Å². The van der Waals surface area contributed by atoms with Crippen molar-refractivity contribution >= 4 is 66.7 Å². The summed E-state index contributed by atoms with van der Waals surface area (Å²) in [5.74, 6) is -0.929. The zero-order valence-electron chi connectivity index (χ0n) is 18.5. The lowest BCUT2D eigenvalue weighted by Gasteiger charge is -2.32. The van der Waals surface area contributed by atoms with Gasteiger partial charge in [0.05, 0.1) is 11.9 Å². The summed E-state index contributed by atoms with van der Waals surface area (Å²) in [6, 6.07) is 10.6. The second kappa shape index (κ2) is 12.1. The molecule has 0 bridgehead atoms. The van der Waals surface area contributed by atoms with E-state index in [9.17, 15) is 18.0 Å². The van der Waals surface area contributed by atoms with Crippen molar-refractivity contribution in [3.63, 3.8) is 0 Å². The third-order valence-electron chi connectivity index (χ3n) is 4.90. The molecule has 33 heavy (non-hydrogen) atoms. The number of rotatable bonds is 10. The molecule has 0 saturated heterocycles. The van der Waals surface area contributed by atoms with Gasteiger partial charge in [0.15, 0.2) is 0 Å². The molecule has 2 aromatic carbocycles. The molecule has 0 aliphatic heterocycles. The molecule has 11 heteroatoms. The van der Waals surface area contributed by atoms with Gasteiger partial charge in [-0.2, -0.15) is 0 Å². The van der Waals surface area contributed by atoms with Gasteiger partial charge in [-0.25, -0.2) is 8.42 Å². The first kappa shape index (κ1) is 27.4. The van der Waals surface area contributed by atoms with E-state index in [1.54, 1.807) is 49.4 Å². The highest BCUT2D eigenvalue weighted by Crippen LogP contribution is 2.27. The number of carbonyl (C=O) groups excluding carboxylic acids is 2. The van der Waals surface area contributed by atoms with E-state index in [0.29, 0.717) is 27.8 Å². The highest BCUT2D eigenvalue weighted by atomic mass is 79.9. The molecular weight excluding hydrogens is 553 g/mol. The second-order valence-electron chi connectivity index (χ2n) is 7.43. The number of benzene rings is 2. The highest BCUT2D eigenvalue weighted by molar-refractivity contribution is 9.10. The smallest absolute Gasteiger partial charge is 0.244 e. The summed E-state index contributed by atoms with van der Waals surface area (Å²) in [4.78, 5) is 27.4. The number of amides is 2. The largest absolute Gasteiger partial charge is 0.354 e. The highest BCUT2D eigenvalue weighted by Gasteiger charge is 2.30. The Kier molecular flexibility index (Phi) is 10.0. The summed E-state index contributed by atoms with van der Waals surface area (Å²) in [5, 5.41) is 3.45. The number of anilines is 1. The number of hydrogen-bond acceptors (Lipinski definition) is 4. The molecule has 2 aromatic rings. The molecule has 0 spiro atoms. The van der Waals surface area contributed by atoms with Crippen molar-refractivity contribution in [2.24, 2.45) is 0 Å². The lowest BCUT2D eigenvalue weighted by atomic mass is 10.1.